The molecule has 54 heavy (non-hydrogen) atoms. The summed E-state index contributed by atoms with van der Waals surface area (Å²) >= 11 is 0. The predicted molar refractivity (Wildman–Crippen MR) is 222 cm³/mol. The molecule has 0 saturated heterocycles. The number of hydrogen-bond acceptors (Lipinski definition) is 8. The van der Waals surface area contributed by atoms with Crippen molar-refractivity contribution in [1.29, 1.82) is 0 Å². The van der Waals surface area contributed by atoms with E-state index in [4.69, 9.17) is 18.5 Å². The van der Waals surface area contributed by atoms with Gasteiger partial charge in [0.05, 0.1) is 27.7 Å². The average molecular weight is 778 g/mol. The third-order valence-corrected chi connectivity index (χ3v) is 9.29. The molecule has 0 fully saturated rings. The van der Waals surface area contributed by atoms with Gasteiger partial charge < -0.3 is 27.9 Å². The van der Waals surface area contributed by atoms with Gasteiger partial charge in [0, 0.05) is 12.8 Å². The molecule has 0 N–H and O–H groups in total. The Bertz CT molecular complexity index is 1150. The molecule has 0 aromatic rings. The molecule has 0 aliphatic carbocycles. The van der Waals surface area contributed by atoms with Gasteiger partial charge in [-0.1, -0.05) is 151 Å². The Kier molecular flexibility index (Phi) is 34.4. The second-order valence-electron chi connectivity index (χ2n) is 14.8. The highest BCUT2D eigenvalue weighted by molar-refractivity contribution is 7.45. The summed E-state index contributed by atoms with van der Waals surface area (Å²) in [6.07, 6.45) is 43.5. The summed E-state index contributed by atoms with van der Waals surface area (Å²) in [4.78, 5) is 37.4. The van der Waals surface area contributed by atoms with E-state index in [1.165, 1.54) is 25.7 Å². The minimum atomic E-state index is -4.64. The van der Waals surface area contributed by atoms with Crippen molar-refractivity contribution >= 4 is 19.8 Å². The lowest BCUT2D eigenvalue weighted by Crippen LogP contribution is -2.37. The van der Waals surface area contributed by atoms with Crippen LogP contribution in [0.2, 0.25) is 0 Å². The van der Waals surface area contributed by atoms with Crippen LogP contribution in [0.15, 0.2) is 72.9 Å². The fourth-order valence-electron chi connectivity index (χ4n) is 4.98. The summed E-state index contributed by atoms with van der Waals surface area (Å²) in [5, 5.41) is 0. The second-order valence-corrected chi connectivity index (χ2v) is 16.2. The van der Waals surface area contributed by atoms with E-state index in [-0.39, 0.29) is 26.1 Å². The molecule has 0 amide bonds. The van der Waals surface area contributed by atoms with Gasteiger partial charge in [0.2, 0.25) is 0 Å². The van der Waals surface area contributed by atoms with Gasteiger partial charge in [0.25, 0.3) is 7.82 Å². The van der Waals surface area contributed by atoms with Crippen molar-refractivity contribution in [3.63, 3.8) is 0 Å². The van der Waals surface area contributed by atoms with Gasteiger partial charge in [0.1, 0.15) is 19.8 Å². The van der Waals surface area contributed by atoms with Gasteiger partial charge in [-0.2, -0.15) is 0 Å². The van der Waals surface area contributed by atoms with Crippen molar-refractivity contribution in [3.8, 4) is 0 Å². The number of unbranched alkanes of at least 4 members (excludes halogenated alkanes) is 14. The van der Waals surface area contributed by atoms with E-state index in [2.05, 4.69) is 86.8 Å². The number of esters is 2. The molecule has 0 rings (SSSR count). The van der Waals surface area contributed by atoms with E-state index in [1.54, 1.807) is 0 Å². The van der Waals surface area contributed by atoms with Crippen LogP contribution in [0.3, 0.4) is 0 Å². The first-order valence-corrected chi connectivity index (χ1v) is 22.2. The molecule has 0 radical (unpaired) electrons. The number of likely N-dealkylation sites (N-methyl/N-ethyl adjacent to an activating group) is 1. The maximum absolute atomic E-state index is 12.6. The molecule has 9 nitrogen and oxygen atoms in total. The monoisotopic (exact) mass is 778 g/mol. The number of nitrogens with zero attached hydrogens (tertiary/aromatic N) is 1. The fourth-order valence-corrected chi connectivity index (χ4v) is 5.71. The summed E-state index contributed by atoms with van der Waals surface area (Å²) in [5.74, 6) is -0.890. The molecule has 0 spiro atoms. The molecule has 1 unspecified atom stereocenters. The van der Waals surface area contributed by atoms with Crippen LogP contribution < -0.4 is 4.89 Å². The van der Waals surface area contributed by atoms with Crippen molar-refractivity contribution in [1.82, 2.24) is 0 Å². The van der Waals surface area contributed by atoms with Gasteiger partial charge in [-0.25, -0.2) is 0 Å². The molecule has 310 valence electrons. The third-order valence-electron chi connectivity index (χ3n) is 8.32. The molecule has 0 aromatic heterocycles. The molecule has 0 aliphatic rings. The van der Waals surface area contributed by atoms with Crippen LogP contribution in [0.25, 0.3) is 0 Å². The highest BCUT2D eigenvalue weighted by Gasteiger charge is 2.21. The van der Waals surface area contributed by atoms with Crippen LogP contribution in [-0.2, 0) is 32.7 Å². The predicted octanol–water partition coefficient (Wildman–Crippen LogP) is 10.8. The quantitative estimate of drug-likeness (QED) is 0.0203. The summed E-state index contributed by atoms with van der Waals surface area (Å²) in [6.45, 7) is 4.04. The number of allylic oxidation sites excluding steroid dienone is 12. The lowest BCUT2D eigenvalue weighted by Gasteiger charge is -2.28. The van der Waals surface area contributed by atoms with E-state index >= 15 is 0 Å². The van der Waals surface area contributed by atoms with Crippen LogP contribution in [0.4, 0.5) is 0 Å². The van der Waals surface area contributed by atoms with E-state index in [9.17, 15) is 19.0 Å². The van der Waals surface area contributed by atoms with Crippen LogP contribution in [0.1, 0.15) is 142 Å². The van der Waals surface area contributed by atoms with Crippen LogP contribution in [0.5, 0.6) is 0 Å². The maximum Gasteiger partial charge on any atom is 0.306 e. The molecule has 0 aromatic carbocycles. The molecule has 0 saturated carbocycles. The lowest BCUT2D eigenvalue weighted by molar-refractivity contribution is -0.870. The molecular formula is C44H76NO8P. The zero-order chi connectivity index (χ0) is 40.0. The highest BCUT2D eigenvalue weighted by Crippen LogP contribution is 2.38. The second kappa shape index (κ2) is 36.1. The van der Waals surface area contributed by atoms with Crippen molar-refractivity contribution in [2.75, 3.05) is 47.5 Å². The summed E-state index contributed by atoms with van der Waals surface area (Å²) in [6, 6.07) is 0. The Balaban J connectivity index is 4.50. The Labute approximate surface area is 329 Å². The number of phosphoric ester groups is 1. The lowest BCUT2D eigenvalue weighted by atomic mass is 10.1. The Hall–Kier alpha value is -2.55. The number of rotatable bonds is 36. The minimum Gasteiger partial charge on any atom is -0.756 e. The molecule has 2 atom stereocenters. The standard InChI is InChI=1S/C44H76NO8P/c1-6-8-10-12-14-16-18-20-22-24-26-28-30-32-34-36-43(46)50-40-42(41-52-54(48,49)51-39-38-45(3,4)5)53-44(47)37-35-33-31-29-27-25-23-21-19-17-15-13-11-9-7-2/h12-23,42H,6-11,24-41H2,1-5H3/b14-12+,15-13+,18-16+,19-17+,22-20-,23-21-/t42-/m1/s1. The van der Waals surface area contributed by atoms with Crippen molar-refractivity contribution in [2.24, 2.45) is 0 Å². The maximum atomic E-state index is 12.6. The Morgan fingerprint density at radius 2 is 1.00 bits per heavy atom. The smallest absolute Gasteiger partial charge is 0.306 e. The minimum absolute atomic E-state index is 0.0427. The molecule has 0 bridgehead atoms. The van der Waals surface area contributed by atoms with E-state index in [1.807, 2.05) is 21.1 Å². The van der Waals surface area contributed by atoms with Gasteiger partial charge in [-0.3, -0.25) is 14.2 Å². The molecule has 0 heterocycles. The topological polar surface area (TPSA) is 111 Å². The summed E-state index contributed by atoms with van der Waals surface area (Å²) in [7, 11) is 1.12. The first-order chi connectivity index (χ1) is 26.0. The number of hydrogen-bond donors (Lipinski definition) is 0. The summed E-state index contributed by atoms with van der Waals surface area (Å²) in [5.41, 5.74) is 0. The third kappa shape index (κ3) is 39.2. The van der Waals surface area contributed by atoms with Crippen LogP contribution in [0, 0.1) is 0 Å². The van der Waals surface area contributed by atoms with Crippen LogP contribution >= 0.6 is 7.82 Å². The molecular weight excluding hydrogens is 701 g/mol. The molecule has 0 aliphatic heterocycles. The summed E-state index contributed by atoms with van der Waals surface area (Å²) < 4.78 is 33.8. The van der Waals surface area contributed by atoms with Crippen molar-refractivity contribution in [3.05, 3.63) is 72.9 Å². The first kappa shape index (κ1) is 51.5. The number of carbonyl (C=O) groups is 2. The number of phosphoric acid groups is 1. The van der Waals surface area contributed by atoms with Gasteiger partial charge in [-0.15, -0.1) is 0 Å². The SMILES string of the molecule is CCCC/C=C/C=C/C=C\CCCCCCCC(=O)OC[C@H](COP(=O)([O-])OCC[N+](C)(C)C)OC(=O)CCCCCCC\C=C/C=C/C=C/CCCC. The largest absolute Gasteiger partial charge is 0.756 e. The Morgan fingerprint density at radius 3 is 1.46 bits per heavy atom. The van der Waals surface area contributed by atoms with E-state index < -0.39 is 32.5 Å². The average Bonchev–Trinajstić information content (AvgIpc) is 3.12. The molecule has 10 heteroatoms. The van der Waals surface area contributed by atoms with E-state index in [0.29, 0.717) is 23.9 Å². The van der Waals surface area contributed by atoms with Crippen LogP contribution in [-0.4, -0.2) is 70.0 Å². The normalized spacial score (nSPS) is 14.4. The number of ether oxygens (including phenoxy) is 2. The number of quaternary nitrogens is 1. The van der Waals surface area contributed by atoms with Crippen molar-refractivity contribution in [2.45, 2.75) is 148 Å². The zero-order valence-corrected chi connectivity index (χ0v) is 35.5. The van der Waals surface area contributed by atoms with Gasteiger partial charge in [-0.05, 0) is 51.4 Å². The first-order valence-electron chi connectivity index (χ1n) is 20.7. The zero-order valence-electron chi connectivity index (χ0n) is 34.6. The van der Waals surface area contributed by atoms with Gasteiger partial charge >= 0.3 is 11.9 Å². The van der Waals surface area contributed by atoms with E-state index in [0.717, 1.165) is 77.0 Å². The van der Waals surface area contributed by atoms with Crippen molar-refractivity contribution < 1.29 is 42.1 Å². The number of carbonyl (C=O) groups excluding carboxylic acids is 2. The highest BCUT2D eigenvalue weighted by atomic mass is 31.2. The Morgan fingerprint density at radius 1 is 0.574 bits per heavy atom. The van der Waals surface area contributed by atoms with Gasteiger partial charge in [0.15, 0.2) is 6.10 Å². The fraction of sp³-hybridized carbons (Fsp3) is 0.682.